The summed E-state index contributed by atoms with van der Waals surface area (Å²) in [6.07, 6.45) is 3.47. The summed E-state index contributed by atoms with van der Waals surface area (Å²) < 4.78 is 13.2. The summed E-state index contributed by atoms with van der Waals surface area (Å²) in [7, 11) is 0. The van der Waals surface area contributed by atoms with Crippen molar-refractivity contribution in [2.45, 2.75) is 4.90 Å². The quantitative estimate of drug-likeness (QED) is 0.449. The molecule has 3 aromatic rings. The normalized spacial score (nSPS) is 11.0. The lowest BCUT2D eigenvalue weighted by Gasteiger charge is -2.12. The highest BCUT2D eigenvalue weighted by atomic mass is 32.2. The number of nitrogens with one attached hydrogen (secondary N) is 2. The summed E-state index contributed by atoms with van der Waals surface area (Å²) in [6, 6.07) is 21.6. The molecule has 0 aliphatic rings. The highest BCUT2D eigenvalue weighted by Crippen LogP contribution is 2.18. The Balaban J connectivity index is 1.85. The van der Waals surface area contributed by atoms with E-state index < -0.39 is 11.8 Å². The summed E-state index contributed by atoms with van der Waals surface area (Å²) in [5, 5.41) is 5.43. The average molecular weight is 406 g/mol. The van der Waals surface area contributed by atoms with Crippen LogP contribution < -0.4 is 10.6 Å². The summed E-state index contributed by atoms with van der Waals surface area (Å²) in [6.45, 7) is 0. The highest BCUT2D eigenvalue weighted by Gasteiger charge is 2.15. The van der Waals surface area contributed by atoms with Crippen LogP contribution in [0, 0.1) is 5.82 Å². The van der Waals surface area contributed by atoms with E-state index in [0.717, 1.165) is 4.90 Å². The molecule has 0 saturated carbocycles. The van der Waals surface area contributed by atoms with Crippen molar-refractivity contribution in [3.8, 4) is 0 Å². The highest BCUT2D eigenvalue weighted by molar-refractivity contribution is 7.98. The Morgan fingerprint density at radius 3 is 2.17 bits per heavy atom. The molecule has 0 radical (unpaired) electrons. The van der Waals surface area contributed by atoms with Crippen molar-refractivity contribution in [3.63, 3.8) is 0 Å². The number of hydrogen-bond donors (Lipinski definition) is 2. The van der Waals surface area contributed by atoms with Gasteiger partial charge in [-0.05, 0) is 66.4 Å². The molecule has 0 atom stereocenters. The molecule has 4 nitrogen and oxygen atoms in total. The van der Waals surface area contributed by atoms with Crippen molar-refractivity contribution < 1.29 is 14.0 Å². The topological polar surface area (TPSA) is 58.2 Å². The van der Waals surface area contributed by atoms with Gasteiger partial charge in [0.1, 0.15) is 11.5 Å². The van der Waals surface area contributed by atoms with Crippen LogP contribution in [0.25, 0.3) is 6.08 Å². The maximum Gasteiger partial charge on any atom is 0.272 e. The van der Waals surface area contributed by atoms with E-state index in [1.807, 2.05) is 18.4 Å². The van der Waals surface area contributed by atoms with Gasteiger partial charge < -0.3 is 10.6 Å². The SMILES string of the molecule is CSc1ccc(NC(=O)/C(=C/c2ccc(F)cc2)NC(=O)c2ccccc2)cc1. The van der Waals surface area contributed by atoms with E-state index in [4.69, 9.17) is 0 Å². The number of carbonyl (C=O) groups is 2. The largest absolute Gasteiger partial charge is 0.321 e. The minimum atomic E-state index is -0.476. The minimum Gasteiger partial charge on any atom is -0.321 e. The van der Waals surface area contributed by atoms with Crippen molar-refractivity contribution in [2.24, 2.45) is 0 Å². The third-order valence-electron chi connectivity index (χ3n) is 4.06. The van der Waals surface area contributed by atoms with Gasteiger partial charge in [0.15, 0.2) is 0 Å². The summed E-state index contributed by atoms with van der Waals surface area (Å²) >= 11 is 1.60. The van der Waals surface area contributed by atoms with Gasteiger partial charge in [-0.15, -0.1) is 11.8 Å². The van der Waals surface area contributed by atoms with E-state index in [-0.39, 0.29) is 11.5 Å². The molecular weight excluding hydrogens is 387 g/mol. The van der Waals surface area contributed by atoms with Crippen molar-refractivity contribution >= 4 is 35.3 Å². The Kier molecular flexibility index (Phi) is 6.81. The summed E-state index contributed by atoms with van der Waals surface area (Å²) in [5.41, 5.74) is 1.67. The number of halogens is 1. The third kappa shape index (κ3) is 5.80. The number of benzene rings is 3. The molecule has 0 spiro atoms. The lowest BCUT2D eigenvalue weighted by atomic mass is 10.1. The number of anilines is 1. The predicted molar refractivity (Wildman–Crippen MR) is 115 cm³/mol. The van der Waals surface area contributed by atoms with Gasteiger partial charge in [-0.25, -0.2) is 4.39 Å². The van der Waals surface area contributed by atoms with Crippen LogP contribution in [0.2, 0.25) is 0 Å². The molecule has 0 aromatic heterocycles. The van der Waals surface area contributed by atoms with Gasteiger partial charge in [-0.3, -0.25) is 9.59 Å². The van der Waals surface area contributed by atoms with Crippen LogP contribution in [0.1, 0.15) is 15.9 Å². The van der Waals surface area contributed by atoms with Gasteiger partial charge in [-0.2, -0.15) is 0 Å². The molecule has 0 fully saturated rings. The zero-order chi connectivity index (χ0) is 20.6. The van der Waals surface area contributed by atoms with Gasteiger partial charge in [0.2, 0.25) is 0 Å². The second kappa shape index (κ2) is 9.71. The predicted octanol–water partition coefficient (Wildman–Crippen LogP) is 4.96. The van der Waals surface area contributed by atoms with Gasteiger partial charge in [0, 0.05) is 16.1 Å². The van der Waals surface area contributed by atoms with Crippen molar-refractivity contribution in [1.29, 1.82) is 0 Å². The van der Waals surface area contributed by atoms with E-state index in [9.17, 15) is 14.0 Å². The second-order valence-electron chi connectivity index (χ2n) is 6.11. The van der Waals surface area contributed by atoms with E-state index in [1.165, 1.54) is 30.3 Å². The molecule has 29 heavy (non-hydrogen) atoms. The molecule has 0 bridgehead atoms. The van der Waals surface area contributed by atoms with Gasteiger partial charge >= 0.3 is 0 Å². The van der Waals surface area contributed by atoms with Crippen molar-refractivity contribution in [3.05, 3.63) is 102 Å². The van der Waals surface area contributed by atoms with Crippen molar-refractivity contribution in [1.82, 2.24) is 5.32 Å². The first-order valence-corrected chi connectivity index (χ1v) is 10.1. The first-order chi connectivity index (χ1) is 14.0. The van der Waals surface area contributed by atoms with Crippen LogP contribution in [0.4, 0.5) is 10.1 Å². The Bertz CT molecular complexity index is 1020. The molecule has 3 aromatic carbocycles. The maximum absolute atomic E-state index is 13.2. The number of carbonyl (C=O) groups excluding carboxylic acids is 2. The lowest BCUT2D eigenvalue weighted by Crippen LogP contribution is -2.30. The molecule has 0 unspecified atom stereocenters. The molecule has 0 aliphatic heterocycles. The first-order valence-electron chi connectivity index (χ1n) is 8.84. The fraction of sp³-hybridized carbons (Fsp3) is 0.0435. The fourth-order valence-electron chi connectivity index (χ4n) is 2.54. The summed E-state index contributed by atoms with van der Waals surface area (Å²) in [4.78, 5) is 26.4. The van der Waals surface area contributed by atoms with Crippen LogP contribution in [0.3, 0.4) is 0 Å². The number of hydrogen-bond acceptors (Lipinski definition) is 3. The molecule has 2 N–H and O–H groups in total. The van der Waals surface area contributed by atoms with Crippen LogP contribution in [-0.2, 0) is 4.79 Å². The zero-order valence-electron chi connectivity index (χ0n) is 15.7. The standard InChI is InChI=1S/C23H19FN2O2S/c1-29-20-13-11-19(12-14-20)25-23(28)21(15-16-7-9-18(24)10-8-16)26-22(27)17-5-3-2-4-6-17/h2-15H,1H3,(H,25,28)(H,26,27)/b21-15-. The summed E-state index contributed by atoms with van der Waals surface area (Å²) in [5.74, 6) is -1.27. The van der Waals surface area contributed by atoms with Crippen LogP contribution >= 0.6 is 11.8 Å². The lowest BCUT2D eigenvalue weighted by molar-refractivity contribution is -0.113. The second-order valence-corrected chi connectivity index (χ2v) is 6.99. The van der Waals surface area contributed by atoms with Crippen LogP contribution in [0.5, 0.6) is 0 Å². The zero-order valence-corrected chi connectivity index (χ0v) is 16.5. The fourth-order valence-corrected chi connectivity index (χ4v) is 2.95. The molecule has 2 amide bonds. The first kappa shape index (κ1) is 20.4. The Morgan fingerprint density at radius 2 is 1.55 bits per heavy atom. The smallest absolute Gasteiger partial charge is 0.272 e. The third-order valence-corrected chi connectivity index (χ3v) is 4.80. The van der Waals surface area contributed by atoms with Crippen LogP contribution in [-0.4, -0.2) is 18.1 Å². The van der Waals surface area contributed by atoms with E-state index in [2.05, 4.69) is 10.6 Å². The Morgan fingerprint density at radius 1 is 0.897 bits per heavy atom. The molecule has 6 heteroatoms. The molecular formula is C23H19FN2O2S. The number of thioether (sulfide) groups is 1. The molecule has 0 saturated heterocycles. The van der Waals surface area contributed by atoms with Gasteiger partial charge in [0.05, 0.1) is 0 Å². The average Bonchev–Trinajstić information content (AvgIpc) is 2.76. The molecule has 146 valence electrons. The minimum absolute atomic E-state index is 0.0550. The van der Waals surface area contributed by atoms with Gasteiger partial charge in [-0.1, -0.05) is 30.3 Å². The van der Waals surface area contributed by atoms with E-state index in [1.54, 1.807) is 54.2 Å². The number of amides is 2. The van der Waals surface area contributed by atoms with Crippen LogP contribution in [0.15, 0.2) is 89.5 Å². The Labute approximate surface area is 172 Å². The van der Waals surface area contributed by atoms with Gasteiger partial charge in [0.25, 0.3) is 11.8 Å². The van der Waals surface area contributed by atoms with E-state index in [0.29, 0.717) is 16.8 Å². The monoisotopic (exact) mass is 406 g/mol. The van der Waals surface area contributed by atoms with E-state index >= 15 is 0 Å². The molecule has 0 aliphatic carbocycles. The van der Waals surface area contributed by atoms with Crippen molar-refractivity contribution in [2.75, 3.05) is 11.6 Å². The Hall–Kier alpha value is -3.38. The maximum atomic E-state index is 13.2. The number of rotatable bonds is 6. The molecule has 0 heterocycles. The molecule has 3 rings (SSSR count).